The van der Waals surface area contributed by atoms with E-state index in [9.17, 15) is 13.2 Å². The first kappa shape index (κ1) is 14.7. The van der Waals surface area contributed by atoms with Crippen molar-refractivity contribution in [3.05, 3.63) is 52.6 Å². The molecule has 2 rings (SSSR count). The summed E-state index contributed by atoms with van der Waals surface area (Å²) >= 11 is 5.67. The van der Waals surface area contributed by atoms with Crippen LogP contribution in [0.5, 0.6) is 0 Å². The van der Waals surface area contributed by atoms with E-state index in [-0.39, 0.29) is 21.4 Å². The second kappa shape index (κ2) is 5.34. The normalized spacial score (nSPS) is 17.4. The summed E-state index contributed by atoms with van der Waals surface area (Å²) in [5.74, 6) is -0.366. The highest BCUT2D eigenvalue weighted by molar-refractivity contribution is 7.90. The van der Waals surface area contributed by atoms with Crippen LogP contribution in [0.2, 0.25) is 0 Å². The number of rotatable bonds is 2. The highest BCUT2D eigenvalue weighted by Crippen LogP contribution is 2.20. The Labute approximate surface area is 122 Å². The number of nitrogens with zero attached hydrogens (tertiary/aromatic N) is 1. The SMILES string of the molecule is Cc1ccc(S(=O)(=O)N=C2C=CC(=O)C(Cl)=C2)c(C)c1. The van der Waals surface area contributed by atoms with E-state index in [1.807, 2.05) is 6.92 Å². The van der Waals surface area contributed by atoms with Crippen LogP contribution < -0.4 is 0 Å². The summed E-state index contributed by atoms with van der Waals surface area (Å²) in [5.41, 5.74) is 1.73. The summed E-state index contributed by atoms with van der Waals surface area (Å²) in [6.07, 6.45) is 3.76. The monoisotopic (exact) mass is 309 g/mol. The van der Waals surface area contributed by atoms with Crippen LogP contribution in [0.4, 0.5) is 0 Å². The number of carbonyl (C=O) groups is 1. The highest BCUT2D eigenvalue weighted by atomic mass is 35.5. The van der Waals surface area contributed by atoms with Gasteiger partial charge < -0.3 is 0 Å². The Morgan fingerprint density at radius 3 is 2.45 bits per heavy atom. The van der Waals surface area contributed by atoms with E-state index in [1.54, 1.807) is 19.1 Å². The lowest BCUT2D eigenvalue weighted by molar-refractivity contribution is -0.110. The predicted molar refractivity (Wildman–Crippen MR) is 78.6 cm³/mol. The van der Waals surface area contributed by atoms with Crippen LogP contribution in [0, 0.1) is 13.8 Å². The minimum absolute atomic E-state index is 0.0536. The van der Waals surface area contributed by atoms with E-state index < -0.39 is 10.0 Å². The van der Waals surface area contributed by atoms with Crippen LogP contribution >= 0.6 is 11.6 Å². The Kier molecular flexibility index (Phi) is 3.92. The van der Waals surface area contributed by atoms with Crippen LogP contribution in [0.25, 0.3) is 0 Å². The van der Waals surface area contributed by atoms with Gasteiger partial charge in [-0.05, 0) is 43.7 Å². The second-order valence-electron chi connectivity index (χ2n) is 4.45. The maximum atomic E-state index is 12.2. The number of sulfonamides is 1. The van der Waals surface area contributed by atoms with Gasteiger partial charge in [-0.3, -0.25) is 4.79 Å². The van der Waals surface area contributed by atoms with Crippen LogP contribution in [0.3, 0.4) is 0 Å². The van der Waals surface area contributed by atoms with Crippen molar-refractivity contribution in [1.29, 1.82) is 0 Å². The van der Waals surface area contributed by atoms with Crippen molar-refractivity contribution in [3.8, 4) is 0 Å². The first-order chi connectivity index (χ1) is 9.29. The van der Waals surface area contributed by atoms with Crippen molar-refractivity contribution >= 4 is 33.1 Å². The van der Waals surface area contributed by atoms with Gasteiger partial charge in [-0.1, -0.05) is 29.3 Å². The van der Waals surface area contributed by atoms with Crippen molar-refractivity contribution in [2.24, 2.45) is 4.40 Å². The fourth-order valence-electron chi connectivity index (χ4n) is 1.82. The zero-order chi connectivity index (χ0) is 14.9. The molecule has 0 bridgehead atoms. The maximum Gasteiger partial charge on any atom is 0.283 e. The molecule has 0 radical (unpaired) electrons. The van der Waals surface area contributed by atoms with E-state index in [0.717, 1.165) is 5.56 Å². The molecule has 1 aliphatic rings. The third-order valence-corrected chi connectivity index (χ3v) is 4.51. The molecule has 0 heterocycles. The molecule has 0 amide bonds. The van der Waals surface area contributed by atoms with Gasteiger partial charge in [0, 0.05) is 0 Å². The van der Waals surface area contributed by atoms with Crippen LogP contribution in [-0.4, -0.2) is 19.9 Å². The summed E-state index contributed by atoms with van der Waals surface area (Å²) in [7, 11) is -3.83. The molecule has 1 aromatic carbocycles. The Morgan fingerprint density at radius 2 is 1.85 bits per heavy atom. The quantitative estimate of drug-likeness (QED) is 0.789. The molecule has 0 unspecified atom stereocenters. The van der Waals surface area contributed by atoms with Crippen molar-refractivity contribution in [3.63, 3.8) is 0 Å². The largest absolute Gasteiger partial charge is 0.288 e. The summed E-state index contributed by atoms with van der Waals surface area (Å²) in [5, 5.41) is -0.0536. The van der Waals surface area contributed by atoms with Gasteiger partial charge in [-0.25, -0.2) is 0 Å². The molecule has 0 atom stereocenters. The number of carbonyl (C=O) groups excluding carboxylic acids is 1. The van der Waals surface area contributed by atoms with Gasteiger partial charge in [0.15, 0.2) is 5.78 Å². The average Bonchev–Trinajstić information content (AvgIpc) is 2.33. The number of benzene rings is 1. The van der Waals surface area contributed by atoms with Crippen LogP contribution in [0.1, 0.15) is 11.1 Å². The molecule has 0 fully saturated rings. The molecular weight excluding hydrogens is 298 g/mol. The highest BCUT2D eigenvalue weighted by Gasteiger charge is 2.18. The first-order valence-corrected chi connectivity index (χ1v) is 7.63. The van der Waals surface area contributed by atoms with E-state index in [4.69, 9.17) is 11.6 Å². The molecule has 0 saturated carbocycles. The summed E-state index contributed by atoms with van der Waals surface area (Å²) < 4.78 is 28.2. The molecule has 0 aliphatic heterocycles. The molecule has 1 aliphatic carbocycles. The molecule has 20 heavy (non-hydrogen) atoms. The maximum absolute atomic E-state index is 12.2. The molecule has 6 heteroatoms. The van der Waals surface area contributed by atoms with E-state index in [2.05, 4.69) is 4.40 Å². The lowest BCUT2D eigenvalue weighted by Crippen LogP contribution is -2.08. The summed E-state index contributed by atoms with van der Waals surface area (Å²) in [6.45, 7) is 3.59. The van der Waals surface area contributed by atoms with Gasteiger partial charge in [0.1, 0.15) is 0 Å². The Balaban J connectivity index is 2.47. The standard InChI is InChI=1S/C14H12ClNO3S/c1-9-3-6-14(10(2)7-9)20(18,19)16-11-4-5-13(17)12(15)8-11/h3-8H,1-2H3. The number of hydrogen-bond acceptors (Lipinski definition) is 3. The van der Waals surface area contributed by atoms with Gasteiger partial charge in [-0.2, -0.15) is 12.8 Å². The summed E-state index contributed by atoms with van der Waals surface area (Å²) in [4.78, 5) is 11.3. The van der Waals surface area contributed by atoms with Crippen LogP contribution in [-0.2, 0) is 14.8 Å². The fourth-order valence-corrected chi connectivity index (χ4v) is 3.19. The average molecular weight is 310 g/mol. The molecule has 104 valence electrons. The number of ketones is 1. The lowest BCUT2D eigenvalue weighted by Gasteiger charge is -2.06. The number of halogens is 1. The summed E-state index contributed by atoms with van der Waals surface area (Å²) in [6, 6.07) is 5.01. The molecule has 0 aromatic heterocycles. The van der Waals surface area contributed by atoms with Crippen molar-refractivity contribution in [2.45, 2.75) is 18.7 Å². The minimum Gasteiger partial charge on any atom is -0.288 e. The molecule has 0 saturated heterocycles. The van der Waals surface area contributed by atoms with Gasteiger partial charge in [0.25, 0.3) is 10.0 Å². The van der Waals surface area contributed by atoms with Gasteiger partial charge in [-0.15, -0.1) is 0 Å². The van der Waals surface area contributed by atoms with Gasteiger partial charge in [0.2, 0.25) is 0 Å². The zero-order valence-electron chi connectivity index (χ0n) is 10.9. The van der Waals surface area contributed by atoms with Gasteiger partial charge in [0.05, 0.1) is 15.6 Å². The number of hydrogen-bond donors (Lipinski definition) is 0. The zero-order valence-corrected chi connectivity index (χ0v) is 12.5. The third kappa shape index (κ3) is 3.05. The van der Waals surface area contributed by atoms with Crippen molar-refractivity contribution < 1.29 is 13.2 Å². The van der Waals surface area contributed by atoms with E-state index in [1.165, 1.54) is 24.3 Å². The van der Waals surface area contributed by atoms with E-state index >= 15 is 0 Å². The van der Waals surface area contributed by atoms with Crippen LogP contribution in [0.15, 0.2) is 50.8 Å². The second-order valence-corrected chi connectivity index (χ2v) is 6.43. The molecule has 0 spiro atoms. The predicted octanol–water partition coefficient (Wildman–Crippen LogP) is 2.69. The molecule has 0 N–H and O–H groups in total. The number of allylic oxidation sites excluding steroid dienone is 4. The molecular formula is C14H12ClNO3S. The lowest BCUT2D eigenvalue weighted by atomic mass is 10.2. The smallest absolute Gasteiger partial charge is 0.283 e. The Morgan fingerprint density at radius 1 is 1.15 bits per heavy atom. The third-order valence-electron chi connectivity index (χ3n) is 2.75. The number of aryl methyl sites for hydroxylation is 2. The van der Waals surface area contributed by atoms with Gasteiger partial charge >= 0.3 is 0 Å². The molecule has 1 aromatic rings. The Hall–Kier alpha value is -1.72. The van der Waals surface area contributed by atoms with E-state index in [0.29, 0.717) is 5.56 Å². The first-order valence-electron chi connectivity index (χ1n) is 5.81. The molecule has 4 nitrogen and oxygen atoms in total. The van der Waals surface area contributed by atoms with Crippen molar-refractivity contribution in [2.75, 3.05) is 0 Å². The topological polar surface area (TPSA) is 63.6 Å². The fraction of sp³-hybridized carbons (Fsp3) is 0.143. The minimum atomic E-state index is -3.83. The van der Waals surface area contributed by atoms with Crippen molar-refractivity contribution in [1.82, 2.24) is 0 Å². The Bertz CT molecular complexity index is 774.